The number of rotatable bonds is 10. The van der Waals surface area contributed by atoms with Gasteiger partial charge < -0.3 is 31.5 Å². The number of hydrogen-bond acceptors (Lipinski definition) is 9. The molecule has 0 bridgehead atoms. The number of anilines is 3. The van der Waals surface area contributed by atoms with Crippen LogP contribution in [0.4, 0.5) is 21.6 Å². The van der Waals surface area contributed by atoms with Gasteiger partial charge >= 0.3 is 0 Å². The minimum Gasteiger partial charge on any atom is -0.394 e. The van der Waals surface area contributed by atoms with Gasteiger partial charge in [0, 0.05) is 36.9 Å². The van der Waals surface area contributed by atoms with E-state index >= 15 is 0 Å². The molecule has 0 spiro atoms. The smallest absolute Gasteiger partial charge is 0.276 e. The number of aromatic nitrogens is 4. The van der Waals surface area contributed by atoms with Gasteiger partial charge in [-0.15, -0.1) is 5.10 Å². The lowest BCUT2D eigenvalue weighted by Gasteiger charge is -2.30. The third kappa shape index (κ3) is 5.72. The third-order valence-electron chi connectivity index (χ3n) is 6.59. The van der Waals surface area contributed by atoms with Crippen molar-refractivity contribution in [2.75, 3.05) is 29.1 Å². The lowest BCUT2D eigenvalue weighted by atomic mass is 9.91. The quantitative estimate of drug-likeness (QED) is 0.246. The molecule has 3 aromatic rings. The number of aliphatic hydroxyl groups is 2. The molecule has 2 fully saturated rings. The Bertz CT molecular complexity index is 1210. The van der Waals surface area contributed by atoms with E-state index in [0.717, 1.165) is 50.4 Å². The molecule has 0 saturated heterocycles. The molecule has 1 atom stereocenters. The molecule has 11 nitrogen and oxygen atoms in total. The average molecular weight is 499 g/mol. The number of aliphatic hydroxyl groups excluding tert-OH is 2. The van der Waals surface area contributed by atoms with Crippen molar-refractivity contribution in [3.05, 3.63) is 42.2 Å². The summed E-state index contributed by atoms with van der Waals surface area (Å²) in [6.45, 7) is 0.129. The number of nitrogens with zero attached hydrogens (tertiary/aromatic N) is 4. The Morgan fingerprint density at radius 1 is 1.08 bits per heavy atom. The Hall–Kier alpha value is -3.35. The zero-order chi connectivity index (χ0) is 25.1. The second-order valence-electron chi connectivity index (χ2n) is 9.49. The Balaban J connectivity index is 1.32. The monoisotopic (exact) mass is 498 g/mol. The standard InChI is InChI=1S/C24H31FN8O3/c25-18-11-26-8-7-19(18)31-24(36)21-12-28-23-20(29-15-5-6-15)9-22(32-33(21)23)30-16-3-1-14(2-4-16)27-10-17(35)13-34/h7-9,11-12,14-17,27,29,34-35H,1-6,10,13H2,(H,30,32)(H,26,31,36). The number of carbonyl (C=O) groups excluding carboxylic acids is 1. The summed E-state index contributed by atoms with van der Waals surface area (Å²) in [5, 5.41) is 36.0. The van der Waals surface area contributed by atoms with Gasteiger partial charge in [0.25, 0.3) is 5.91 Å². The number of fused-ring (bicyclic) bond motifs is 1. The van der Waals surface area contributed by atoms with Crippen LogP contribution in [0.15, 0.2) is 30.7 Å². The molecule has 2 aliphatic carbocycles. The van der Waals surface area contributed by atoms with Crippen LogP contribution in [0.1, 0.15) is 49.0 Å². The predicted molar refractivity (Wildman–Crippen MR) is 133 cm³/mol. The number of halogens is 1. The highest BCUT2D eigenvalue weighted by Gasteiger charge is 2.26. The van der Waals surface area contributed by atoms with Gasteiger partial charge in [0.2, 0.25) is 0 Å². The van der Waals surface area contributed by atoms with Gasteiger partial charge in [0.1, 0.15) is 5.82 Å². The van der Waals surface area contributed by atoms with Gasteiger partial charge in [0.05, 0.1) is 36.5 Å². The zero-order valence-electron chi connectivity index (χ0n) is 19.8. The molecule has 12 heteroatoms. The highest BCUT2D eigenvalue weighted by Crippen LogP contribution is 2.30. The summed E-state index contributed by atoms with van der Waals surface area (Å²) in [5.74, 6) is -0.520. The van der Waals surface area contributed by atoms with Crippen LogP contribution < -0.4 is 21.3 Å². The largest absolute Gasteiger partial charge is 0.394 e. The maximum atomic E-state index is 14.0. The third-order valence-corrected chi connectivity index (χ3v) is 6.59. The number of amides is 1. The molecule has 3 aromatic heterocycles. The van der Waals surface area contributed by atoms with E-state index in [-0.39, 0.29) is 24.0 Å². The first-order valence-corrected chi connectivity index (χ1v) is 12.3. The molecular formula is C24H31FN8O3. The van der Waals surface area contributed by atoms with E-state index in [2.05, 4.69) is 36.3 Å². The van der Waals surface area contributed by atoms with Crippen LogP contribution in [0.3, 0.4) is 0 Å². The van der Waals surface area contributed by atoms with Crippen molar-refractivity contribution < 1.29 is 19.4 Å². The van der Waals surface area contributed by atoms with E-state index < -0.39 is 17.8 Å². The fourth-order valence-electron chi connectivity index (χ4n) is 4.43. The van der Waals surface area contributed by atoms with Crippen LogP contribution in [0, 0.1) is 5.82 Å². The molecule has 6 N–H and O–H groups in total. The van der Waals surface area contributed by atoms with Crippen LogP contribution in [-0.2, 0) is 0 Å². The first kappa shape index (κ1) is 24.3. The second kappa shape index (κ2) is 10.7. The van der Waals surface area contributed by atoms with Crippen molar-refractivity contribution in [3.63, 3.8) is 0 Å². The zero-order valence-corrected chi connectivity index (χ0v) is 19.8. The number of carbonyl (C=O) groups is 1. The van der Waals surface area contributed by atoms with E-state index in [1.807, 2.05) is 6.07 Å². The van der Waals surface area contributed by atoms with Crippen LogP contribution in [-0.4, -0.2) is 73.1 Å². The number of nitrogens with one attached hydrogen (secondary N) is 4. The summed E-state index contributed by atoms with van der Waals surface area (Å²) in [6.07, 6.45) is 8.99. The number of imidazole rings is 1. The summed E-state index contributed by atoms with van der Waals surface area (Å²) < 4.78 is 15.5. The molecule has 0 aromatic carbocycles. The molecule has 192 valence electrons. The molecular weight excluding hydrogens is 467 g/mol. The Labute approximate surface area is 207 Å². The normalized spacial score (nSPS) is 20.8. The topological polar surface area (TPSA) is 149 Å². The van der Waals surface area contributed by atoms with Gasteiger partial charge in [-0.2, -0.15) is 0 Å². The number of pyridine rings is 1. The van der Waals surface area contributed by atoms with Crippen LogP contribution in [0.25, 0.3) is 5.65 Å². The molecule has 2 saturated carbocycles. The first-order valence-electron chi connectivity index (χ1n) is 12.3. The predicted octanol–water partition coefficient (Wildman–Crippen LogP) is 1.76. The summed E-state index contributed by atoms with van der Waals surface area (Å²) >= 11 is 0. The van der Waals surface area contributed by atoms with Gasteiger partial charge in [-0.1, -0.05) is 0 Å². The highest BCUT2D eigenvalue weighted by molar-refractivity contribution is 6.03. The molecule has 2 aliphatic rings. The fourth-order valence-corrected chi connectivity index (χ4v) is 4.43. The molecule has 36 heavy (non-hydrogen) atoms. The lowest BCUT2D eigenvalue weighted by Crippen LogP contribution is -2.41. The van der Waals surface area contributed by atoms with E-state index in [1.54, 1.807) is 0 Å². The first-order chi connectivity index (χ1) is 17.5. The van der Waals surface area contributed by atoms with Crippen LogP contribution >= 0.6 is 0 Å². The average Bonchev–Trinajstić information content (AvgIpc) is 3.59. The van der Waals surface area contributed by atoms with Gasteiger partial charge in [-0.3, -0.25) is 9.78 Å². The second-order valence-corrected chi connectivity index (χ2v) is 9.49. The minimum absolute atomic E-state index is 0.0347. The summed E-state index contributed by atoms with van der Waals surface area (Å²) in [7, 11) is 0. The Kier molecular flexibility index (Phi) is 7.25. The maximum Gasteiger partial charge on any atom is 0.276 e. The number of hydrogen-bond donors (Lipinski definition) is 6. The van der Waals surface area contributed by atoms with Crippen molar-refractivity contribution >= 4 is 28.7 Å². The van der Waals surface area contributed by atoms with E-state index in [0.29, 0.717) is 30.1 Å². The maximum absolute atomic E-state index is 14.0. The van der Waals surface area contributed by atoms with Gasteiger partial charge in [-0.05, 0) is 44.6 Å². The van der Waals surface area contributed by atoms with Gasteiger partial charge in [0.15, 0.2) is 17.2 Å². The van der Waals surface area contributed by atoms with E-state index in [9.17, 15) is 14.3 Å². The molecule has 5 rings (SSSR count). The van der Waals surface area contributed by atoms with Gasteiger partial charge in [-0.25, -0.2) is 13.9 Å². The van der Waals surface area contributed by atoms with Crippen molar-refractivity contribution in [1.82, 2.24) is 24.9 Å². The molecule has 1 amide bonds. The molecule has 3 heterocycles. The Morgan fingerprint density at radius 3 is 2.53 bits per heavy atom. The van der Waals surface area contributed by atoms with Crippen LogP contribution in [0.5, 0.6) is 0 Å². The van der Waals surface area contributed by atoms with Crippen molar-refractivity contribution in [2.45, 2.75) is 62.8 Å². The molecule has 0 aliphatic heterocycles. The van der Waals surface area contributed by atoms with Crippen molar-refractivity contribution in [3.8, 4) is 0 Å². The Morgan fingerprint density at radius 2 is 1.81 bits per heavy atom. The lowest BCUT2D eigenvalue weighted by molar-refractivity contribution is 0.0902. The SMILES string of the molecule is O=C(Nc1ccncc1F)c1cnc2c(NC3CC3)cc(NC3CCC(NCC(O)CO)CC3)nn12. The molecule has 1 unspecified atom stereocenters. The van der Waals surface area contributed by atoms with Crippen molar-refractivity contribution in [1.29, 1.82) is 0 Å². The van der Waals surface area contributed by atoms with Crippen molar-refractivity contribution in [2.24, 2.45) is 0 Å². The summed E-state index contributed by atoms with van der Waals surface area (Å²) in [5.41, 5.74) is 1.55. The van der Waals surface area contributed by atoms with E-state index in [4.69, 9.17) is 5.11 Å². The minimum atomic E-state index is -0.745. The summed E-state index contributed by atoms with van der Waals surface area (Å²) in [4.78, 5) is 21.1. The van der Waals surface area contributed by atoms with E-state index in [1.165, 1.54) is 23.0 Å². The van der Waals surface area contributed by atoms with Crippen LogP contribution in [0.2, 0.25) is 0 Å². The fraction of sp³-hybridized carbons (Fsp3) is 0.500. The highest BCUT2D eigenvalue weighted by atomic mass is 19.1. The molecule has 0 radical (unpaired) electrons. The summed E-state index contributed by atoms with van der Waals surface area (Å²) in [6, 6.07) is 4.19.